The van der Waals surface area contributed by atoms with E-state index in [-0.39, 0.29) is 0 Å². The standard InChI is InChI=1S/C19H25NOS.C16H32O2/c1-2-11-20(12-10-17-6-4-13-22-17)16-8-9-18-15(14-16)5-3-7-19(18)21;1-2-3-4-5-6-7-8-9-10-11-12-13-14-15-16(17)18/h3-7,13,16,21H,2,8-12,14H2,1H3;2-15H2,1H3,(H,17,18)/t16-;/m0./s1. The first-order valence-electron chi connectivity index (χ1n) is 16.3. The lowest BCUT2D eigenvalue weighted by atomic mass is 9.86. The zero-order valence-corrected chi connectivity index (χ0v) is 26.4. The van der Waals surface area contributed by atoms with E-state index in [9.17, 15) is 9.90 Å². The van der Waals surface area contributed by atoms with Crippen LogP contribution in [0.1, 0.15) is 133 Å². The zero-order valence-electron chi connectivity index (χ0n) is 25.5. The number of carboxylic acids is 1. The van der Waals surface area contributed by atoms with Crippen molar-refractivity contribution in [3.05, 3.63) is 51.7 Å². The Morgan fingerprint density at radius 1 is 0.850 bits per heavy atom. The largest absolute Gasteiger partial charge is 0.508 e. The molecule has 4 nitrogen and oxygen atoms in total. The molecule has 0 aliphatic heterocycles. The van der Waals surface area contributed by atoms with Crippen molar-refractivity contribution in [2.24, 2.45) is 0 Å². The van der Waals surface area contributed by atoms with Crippen LogP contribution in [0.25, 0.3) is 0 Å². The van der Waals surface area contributed by atoms with E-state index in [1.165, 1.54) is 99.6 Å². The lowest BCUT2D eigenvalue weighted by Crippen LogP contribution is -2.41. The van der Waals surface area contributed by atoms with E-state index >= 15 is 0 Å². The predicted molar refractivity (Wildman–Crippen MR) is 172 cm³/mol. The van der Waals surface area contributed by atoms with Crippen LogP contribution in [-0.2, 0) is 24.1 Å². The summed E-state index contributed by atoms with van der Waals surface area (Å²) in [6.45, 7) is 6.84. The number of carboxylic acid groups (broad SMARTS) is 1. The van der Waals surface area contributed by atoms with Gasteiger partial charge in [0.2, 0.25) is 0 Å². The van der Waals surface area contributed by atoms with Crippen LogP contribution in [0.4, 0.5) is 0 Å². The average molecular weight is 572 g/mol. The molecule has 5 heteroatoms. The van der Waals surface area contributed by atoms with Gasteiger partial charge < -0.3 is 10.2 Å². The van der Waals surface area contributed by atoms with Crippen molar-refractivity contribution < 1.29 is 15.0 Å². The van der Waals surface area contributed by atoms with Crippen LogP contribution < -0.4 is 0 Å². The Balaban J connectivity index is 0.000000288. The summed E-state index contributed by atoms with van der Waals surface area (Å²) in [7, 11) is 0. The van der Waals surface area contributed by atoms with Crippen molar-refractivity contribution in [3.63, 3.8) is 0 Å². The number of phenolic OH excluding ortho intramolecular Hbond substituents is 1. The lowest BCUT2D eigenvalue weighted by Gasteiger charge is -2.35. The number of thiophene rings is 1. The highest BCUT2D eigenvalue weighted by molar-refractivity contribution is 7.09. The third-order valence-corrected chi connectivity index (χ3v) is 9.11. The average Bonchev–Trinajstić information content (AvgIpc) is 3.47. The molecule has 1 atom stereocenters. The van der Waals surface area contributed by atoms with Gasteiger partial charge in [-0.25, -0.2) is 0 Å². The minimum absolute atomic E-state index is 0.345. The summed E-state index contributed by atoms with van der Waals surface area (Å²) < 4.78 is 0. The van der Waals surface area contributed by atoms with Crippen molar-refractivity contribution in [1.29, 1.82) is 0 Å². The van der Waals surface area contributed by atoms with Crippen LogP contribution in [0, 0.1) is 0 Å². The number of fused-ring (bicyclic) bond motifs is 1. The van der Waals surface area contributed by atoms with E-state index in [2.05, 4.69) is 42.3 Å². The third-order valence-electron chi connectivity index (χ3n) is 8.18. The van der Waals surface area contributed by atoms with E-state index in [4.69, 9.17) is 5.11 Å². The van der Waals surface area contributed by atoms with Gasteiger partial charge in [-0.05, 0) is 73.7 Å². The van der Waals surface area contributed by atoms with Gasteiger partial charge in [0.05, 0.1) is 0 Å². The molecule has 2 aromatic rings. The molecule has 2 N–H and O–H groups in total. The van der Waals surface area contributed by atoms with Gasteiger partial charge in [0, 0.05) is 23.9 Å². The topological polar surface area (TPSA) is 60.8 Å². The number of nitrogens with zero attached hydrogens (tertiary/aromatic N) is 1. The fourth-order valence-electron chi connectivity index (χ4n) is 5.85. The first kappa shape index (κ1) is 34.4. The molecule has 0 radical (unpaired) electrons. The summed E-state index contributed by atoms with van der Waals surface area (Å²) in [6.07, 6.45) is 22.9. The van der Waals surface area contributed by atoms with Crippen molar-refractivity contribution in [2.45, 2.75) is 142 Å². The van der Waals surface area contributed by atoms with E-state index in [0.29, 0.717) is 18.2 Å². The van der Waals surface area contributed by atoms with Crippen molar-refractivity contribution in [3.8, 4) is 5.75 Å². The maximum absolute atomic E-state index is 10.3. The van der Waals surface area contributed by atoms with E-state index < -0.39 is 5.97 Å². The molecule has 0 spiro atoms. The summed E-state index contributed by atoms with van der Waals surface area (Å²) in [4.78, 5) is 14.4. The first-order chi connectivity index (χ1) is 19.5. The SMILES string of the molecule is CCCCCCCCCCCCCCCC(=O)O.CCCN(CCc1cccs1)[C@H]1CCc2c(O)cccc2C1. The van der Waals surface area contributed by atoms with Crippen LogP contribution in [0.2, 0.25) is 0 Å². The van der Waals surface area contributed by atoms with Crippen LogP contribution >= 0.6 is 11.3 Å². The normalized spacial score (nSPS) is 14.5. The Hall–Kier alpha value is -1.85. The fourth-order valence-corrected chi connectivity index (χ4v) is 6.54. The number of aliphatic carboxylic acids is 1. The molecule has 0 bridgehead atoms. The molecule has 1 aliphatic rings. The molecule has 0 unspecified atom stereocenters. The van der Waals surface area contributed by atoms with Gasteiger partial charge in [-0.15, -0.1) is 11.3 Å². The molecule has 0 saturated heterocycles. The summed E-state index contributed by atoms with van der Waals surface area (Å²) >= 11 is 1.86. The van der Waals surface area contributed by atoms with Gasteiger partial charge >= 0.3 is 5.97 Å². The fraction of sp³-hybridized carbons (Fsp3) is 0.686. The lowest BCUT2D eigenvalue weighted by molar-refractivity contribution is -0.137. The molecule has 0 amide bonds. The number of phenols is 1. The van der Waals surface area contributed by atoms with Gasteiger partial charge in [0.1, 0.15) is 5.75 Å². The smallest absolute Gasteiger partial charge is 0.303 e. The Morgan fingerprint density at radius 2 is 1.50 bits per heavy atom. The van der Waals surface area contributed by atoms with Gasteiger partial charge in [0.15, 0.2) is 0 Å². The Kier molecular flexibility index (Phi) is 18.8. The maximum Gasteiger partial charge on any atom is 0.303 e. The Bertz CT molecular complexity index is 898. The highest BCUT2D eigenvalue weighted by atomic mass is 32.1. The summed E-state index contributed by atoms with van der Waals surface area (Å²) in [5, 5.41) is 20.7. The summed E-state index contributed by atoms with van der Waals surface area (Å²) in [5.41, 5.74) is 2.52. The highest BCUT2D eigenvalue weighted by Crippen LogP contribution is 2.31. The van der Waals surface area contributed by atoms with E-state index in [0.717, 1.165) is 45.1 Å². The number of aromatic hydroxyl groups is 1. The third kappa shape index (κ3) is 14.7. The quantitative estimate of drug-likeness (QED) is 0.155. The zero-order chi connectivity index (χ0) is 28.8. The van der Waals surface area contributed by atoms with Crippen molar-refractivity contribution in [1.82, 2.24) is 4.90 Å². The van der Waals surface area contributed by atoms with Crippen LogP contribution in [0.15, 0.2) is 35.7 Å². The summed E-state index contributed by atoms with van der Waals surface area (Å²) in [5.74, 6) is -0.172. The second-order valence-corrected chi connectivity index (χ2v) is 12.6. The maximum atomic E-state index is 10.3. The Labute approximate surface area is 249 Å². The number of benzene rings is 1. The monoisotopic (exact) mass is 571 g/mol. The Morgan fingerprint density at radius 3 is 2.08 bits per heavy atom. The number of carbonyl (C=O) groups is 1. The second kappa shape index (κ2) is 21.8. The second-order valence-electron chi connectivity index (χ2n) is 11.6. The molecule has 1 aromatic carbocycles. The van der Waals surface area contributed by atoms with Gasteiger partial charge in [-0.2, -0.15) is 0 Å². The summed E-state index contributed by atoms with van der Waals surface area (Å²) in [6, 6.07) is 11.0. The van der Waals surface area contributed by atoms with Crippen LogP contribution in [0.3, 0.4) is 0 Å². The minimum atomic E-state index is -0.655. The molecule has 0 fully saturated rings. The number of hydrogen-bond acceptors (Lipinski definition) is 4. The first-order valence-corrected chi connectivity index (χ1v) is 17.2. The van der Waals surface area contributed by atoms with Crippen molar-refractivity contribution in [2.75, 3.05) is 13.1 Å². The van der Waals surface area contributed by atoms with Gasteiger partial charge in [-0.3, -0.25) is 9.69 Å². The highest BCUT2D eigenvalue weighted by Gasteiger charge is 2.25. The molecule has 1 heterocycles. The minimum Gasteiger partial charge on any atom is -0.508 e. The number of rotatable bonds is 20. The molecule has 226 valence electrons. The van der Waals surface area contributed by atoms with Crippen molar-refractivity contribution >= 4 is 17.3 Å². The predicted octanol–water partition coefficient (Wildman–Crippen LogP) is 9.82. The molecular weight excluding hydrogens is 514 g/mol. The molecule has 1 aliphatic carbocycles. The molecule has 0 saturated carbocycles. The number of hydrogen-bond donors (Lipinski definition) is 2. The van der Waals surface area contributed by atoms with Gasteiger partial charge in [-0.1, -0.05) is 109 Å². The molecule has 1 aromatic heterocycles. The van der Waals surface area contributed by atoms with Crippen LogP contribution in [-0.4, -0.2) is 40.2 Å². The molecule has 40 heavy (non-hydrogen) atoms. The van der Waals surface area contributed by atoms with E-state index in [1.54, 1.807) is 0 Å². The van der Waals surface area contributed by atoms with Gasteiger partial charge in [0.25, 0.3) is 0 Å². The molecular formula is C35H57NO3S. The number of unbranched alkanes of at least 4 members (excludes halogenated alkanes) is 12. The molecule has 3 rings (SSSR count). The van der Waals surface area contributed by atoms with Crippen LogP contribution in [0.5, 0.6) is 5.75 Å². The van der Waals surface area contributed by atoms with E-state index in [1.807, 2.05) is 23.5 Å².